The van der Waals surface area contributed by atoms with Gasteiger partial charge in [0.05, 0.1) is 12.8 Å². The molecule has 0 unspecified atom stereocenters. The number of hydrazone groups is 1. The minimum absolute atomic E-state index is 0.213. The third-order valence-corrected chi connectivity index (χ3v) is 5.56. The number of aromatic nitrogens is 3. The Bertz CT molecular complexity index is 677. The zero-order valence-electron chi connectivity index (χ0n) is 17.6. The van der Waals surface area contributed by atoms with Crippen LogP contribution in [0.2, 0.25) is 0 Å². The Morgan fingerprint density at radius 1 is 0.806 bits per heavy atom. The molecule has 31 heavy (non-hydrogen) atoms. The van der Waals surface area contributed by atoms with E-state index in [0.29, 0.717) is 11.9 Å². The average molecular weight is 440 g/mol. The maximum Gasteiger partial charge on any atom is 0.250 e. The number of rotatable bonds is 9. The Labute approximate surface area is 181 Å². The molecule has 6 N–H and O–H groups in total. The van der Waals surface area contributed by atoms with Crippen molar-refractivity contribution < 1.29 is 25.5 Å². The van der Waals surface area contributed by atoms with Crippen molar-refractivity contribution in [3.05, 3.63) is 0 Å². The van der Waals surface area contributed by atoms with Crippen LogP contribution in [-0.2, 0) is 0 Å². The summed E-state index contributed by atoms with van der Waals surface area (Å²) in [7, 11) is 0. The van der Waals surface area contributed by atoms with E-state index in [1.807, 2.05) is 0 Å². The molecule has 0 spiro atoms. The maximum absolute atomic E-state index is 9.97. The number of aliphatic hydroxyl groups is 5. The van der Waals surface area contributed by atoms with Gasteiger partial charge in [-0.2, -0.15) is 20.1 Å². The van der Waals surface area contributed by atoms with Crippen LogP contribution < -0.4 is 15.2 Å². The second-order valence-electron chi connectivity index (χ2n) is 7.97. The third kappa shape index (κ3) is 6.43. The molecule has 0 aromatic carbocycles. The molecular formula is C19H33N7O5. The number of piperidine rings is 2. The fraction of sp³-hybridized carbons (Fsp3) is 0.789. The van der Waals surface area contributed by atoms with Gasteiger partial charge in [-0.1, -0.05) is 0 Å². The van der Waals surface area contributed by atoms with E-state index in [1.54, 1.807) is 0 Å². The summed E-state index contributed by atoms with van der Waals surface area (Å²) in [6.45, 7) is 2.76. The molecule has 0 amide bonds. The zero-order valence-corrected chi connectivity index (χ0v) is 17.6. The predicted molar refractivity (Wildman–Crippen MR) is 115 cm³/mol. The van der Waals surface area contributed by atoms with Crippen LogP contribution in [0.4, 0.5) is 17.8 Å². The highest BCUT2D eigenvalue weighted by Crippen LogP contribution is 2.22. The first-order valence-corrected chi connectivity index (χ1v) is 10.9. The number of hydrogen-bond acceptors (Lipinski definition) is 12. The van der Waals surface area contributed by atoms with Crippen molar-refractivity contribution in [2.75, 3.05) is 48.0 Å². The minimum Gasteiger partial charge on any atom is -0.394 e. The third-order valence-electron chi connectivity index (χ3n) is 5.56. The number of nitrogens with one attached hydrogen (secondary N) is 1. The van der Waals surface area contributed by atoms with Gasteiger partial charge in [0.2, 0.25) is 17.8 Å². The molecule has 12 heteroatoms. The molecule has 2 fully saturated rings. The number of aliphatic hydroxyl groups excluding tert-OH is 5. The van der Waals surface area contributed by atoms with Crippen LogP contribution in [0.3, 0.4) is 0 Å². The highest BCUT2D eigenvalue weighted by atomic mass is 16.4. The minimum atomic E-state index is -1.72. The van der Waals surface area contributed by atoms with Gasteiger partial charge in [-0.15, -0.1) is 0 Å². The van der Waals surface area contributed by atoms with Crippen molar-refractivity contribution in [3.63, 3.8) is 0 Å². The van der Waals surface area contributed by atoms with Gasteiger partial charge in [-0.3, -0.25) is 0 Å². The van der Waals surface area contributed by atoms with Gasteiger partial charge in [0.25, 0.3) is 0 Å². The summed E-state index contributed by atoms with van der Waals surface area (Å²) in [5.41, 5.74) is 2.66. The van der Waals surface area contributed by atoms with Crippen molar-refractivity contribution in [1.29, 1.82) is 0 Å². The summed E-state index contributed by atoms with van der Waals surface area (Å²) in [5.74, 6) is 1.37. The molecule has 0 radical (unpaired) electrons. The van der Waals surface area contributed by atoms with Crippen molar-refractivity contribution >= 4 is 24.1 Å². The lowest BCUT2D eigenvalue weighted by Gasteiger charge is -2.30. The summed E-state index contributed by atoms with van der Waals surface area (Å²) in [4.78, 5) is 17.8. The Balaban J connectivity index is 1.72. The van der Waals surface area contributed by atoms with Crippen LogP contribution in [0.25, 0.3) is 0 Å². The molecule has 3 rings (SSSR count). The zero-order chi connectivity index (χ0) is 22.2. The first-order chi connectivity index (χ1) is 15.0. The SMILES string of the molecule is OC[C@H](O)[C@H](O)[C@@H](O)[C@H](O)/C=N\Nc1nc(N2CCCCC2)nc(N2CCCCC2)n1. The lowest BCUT2D eigenvalue weighted by atomic mass is 10.0. The van der Waals surface area contributed by atoms with Crippen LogP contribution in [0.1, 0.15) is 38.5 Å². The van der Waals surface area contributed by atoms with E-state index in [9.17, 15) is 20.4 Å². The Morgan fingerprint density at radius 2 is 1.32 bits per heavy atom. The first kappa shape index (κ1) is 23.5. The number of hydrogen-bond donors (Lipinski definition) is 6. The number of nitrogens with zero attached hydrogens (tertiary/aromatic N) is 6. The topological polar surface area (TPSA) is 171 Å². The molecule has 174 valence electrons. The lowest BCUT2D eigenvalue weighted by molar-refractivity contribution is -0.0999. The van der Waals surface area contributed by atoms with Gasteiger partial charge in [-0.25, -0.2) is 5.43 Å². The highest BCUT2D eigenvalue weighted by molar-refractivity contribution is 5.64. The fourth-order valence-electron chi connectivity index (χ4n) is 3.67. The molecule has 2 saturated heterocycles. The first-order valence-electron chi connectivity index (χ1n) is 10.9. The summed E-state index contributed by atoms with van der Waals surface area (Å²) in [5, 5.41) is 51.6. The molecule has 2 aliphatic rings. The monoisotopic (exact) mass is 439 g/mol. The van der Waals surface area contributed by atoms with Crippen LogP contribution in [-0.4, -0.2) is 104 Å². The second kappa shape index (κ2) is 11.5. The molecule has 2 aliphatic heterocycles. The van der Waals surface area contributed by atoms with E-state index in [2.05, 4.69) is 35.3 Å². The van der Waals surface area contributed by atoms with Crippen molar-refractivity contribution in [2.45, 2.75) is 62.9 Å². The molecule has 0 aliphatic carbocycles. The van der Waals surface area contributed by atoms with Crippen LogP contribution in [0, 0.1) is 0 Å². The van der Waals surface area contributed by atoms with Gasteiger partial charge in [-0.05, 0) is 38.5 Å². The molecule has 0 saturated carbocycles. The maximum atomic E-state index is 9.97. The summed E-state index contributed by atoms with van der Waals surface area (Å²) >= 11 is 0. The van der Waals surface area contributed by atoms with E-state index >= 15 is 0 Å². The largest absolute Gasteiger partial charge is 0.394 e. The van der Waals surface area contributed by atoms with E-state index < -0.39 is 31.0 Å². The summed E-state index contributed by atoms with van der Waals surface area (Å²) < 4.78 is 0. The normalized spacial score (nSPS) is 21.7. The van der Waals surface area contributed by atoms with Crippen LogP contribution in [0.5, 0.6) is 0 Å². The lowest BCUT2D eigenvalue weighted by Crippen LogP contribution is -2.46. The molecule has 1 aromatic rings. The predicted octanol–water partition coefficient (Wildman–Crippen LogP) is -1.31. The fourth-order valence-corrected chi connectivity index (χ4v) is 3.67. The van der Waals surface area contributed by atoms with E-state index in [-0.39, 0.29) is 5.95 Å². The molecule has 1 aromatic heterocycles. The molecule has 4 atom stereocenters. The van der Waals surface area contributed by atoms with E-state index in [4.69, 9.17) is 5.11 Å². The van der Waals surface area contributed by atoms with Gasteiger partial charge in [0, 0.05) is 26.2 Å². The van der Waals surface area contributed by atoms with Gasteiger partial charge in [0.1, 0.15) is 24.4 Å². The van der Waals surface area contributed by atoms with Crippen molar-refractivity contribution in [1.82, 2.24) is 15.0 Å². The molecule has 3 heterocycles. The second-order valence-corrected chi connectivity index (χ2v) is 7.97. The van der Waals surface area contributed by atoms with Crippen molar-refractivity contribution in [2.24, 2.45) is 5.10 Å². The van der Waals surface area contributed by atoms with Crippen LogP contribution >= 0.6 is 0 Å². The van der Waals surface area contributed by atoms with Gasteiger partial charge < -0.3 is 35.3 Å². The quantitative estimate of drug-likeness (QED) is 0.199. The van der Waals surface area contributed by atoms with E-state index in [0.717, 1.165) is 58.1 Å². The Hall–Kier alpha value is -2.12. The molecule has 0 bridgehead atoms. The Kier molecular flexibility index (Phi) is 8.72. The van der Waals surface area contributed by atoms with Gasteiger partial charge in [0.15, 0.2) is 0 Å². The van der Waals surface area contributed by atoms with Gasteiger partial charge >= 0.3 is 0 Å². The summed E-state index contributed by atoms with van der Waals surface area (Å²) in [6.07, 6.45) is 1.08. The molecular weight excluding hydrogens is 406 g/mol. The number of anilines is 3. The molecule has 12 nitrogen and oxygen atoms in total. The summed E-state index contributed by atoms with van der Waals surface area (Å²) in [6, 6.07) is 0. The smallest absolute Gasteiger partial charge is 0.250 e. The standard InChI is InChI=1S/C19H33N7O5/c27-12-14(29)16(31)15(30)13(28)11-20-24-17-21-18(25-7-3-1-4-8-25)23-19(22-17)26-9-5-2-6-10-26/h11,13-16,27-31H,1-10,12H2,(H,21,22,23,24)/b20-11-/t13-,14+,15+,16+/m1/s1. The average Bonchev–Trinajstić information content (AvgIpc) is 2.83. The van der Waals surface area contributed by atoms with Crippen molar-refractivity contribution in [3.8, 4) is 0 Å². The van der Waals surface area contributed by atoms with Crippen LogP contribution in [0.15, 0.2) is 5.10 Å². The Morgan fingerprint density at radius 3 is 1.81 bits per heavy atom. The highest BCUT2D eigenvalue weighted by Gasteiger charge is 2.29. The van der Waals surface area contributed by atoms with E-state index in [1.165, 1.54) is 12.8 Å².